The topological polar surface area (TPSA) is 20.3 Å². The molecule has 1 aromatic rings. The van der Waals surface area contributed by atoms with Gasteiger partial charge in [0.05, 0.1) is 0 Å². The van der Waals surface area contributed by atoms with Crippen LogP contribution in [0.1, 0.15) is 24.5 Å². The Hall–Kier alpha value is -1.31. The molecule has 0 N–H and O–H groups in total. The third kappa shape index (κ3) is 1.65. The zero-order valence-electron chi connectivity index (χ0n) is 8.49. The first-order valence-electron chi connectivity index (χ1n) is 5.16. The van der Waals surface area contributed by atoms with Crippen molar-refractivity contribution in [3.05, 3.63) is 35.4 Å². The molecular weight excluding hydrogens is 174 g/mol. The molecule has 2 rings (SSSR count). The predicted octanol–water partition coefficient (Wildman–Crippen LogP) is 1.98. The summed E-state index contributed by atoms with van der Waals surface area (Å²) in [5, 5.41) is 0. The van der Waals surface area contributed by atoms with Crippen molar-refractivity contribution in [2.45, 2.75) is 26.3 Å². The fourth-order valence-electron chi connectivity index (χ4n) is 1.93. The summed E-state index contributed by atoms with van der Waals surface area (Å²) in [6.07, 6.45) is 1.62. The smallest absolute Gasteiger partial charge is 0.222 e. The first-order valence-corrected chi connectivity index (χ1v) is 5.16. The van der Waals surface area contributed by atoms with Crippen LogP contribution >= 0.6 is 0 Å². The normalized spacial score (nSPS) is 15.1. The third-order valence-corrected chi connectivity index (χ3v) is 2.79. The Balaban J connectivity index is 2.17. The van der Waals surface area contributed by atoms with Gasteiger partial charge in [0.15, 0.2) is 0 Å². The van der Waals surface area contributed by atoms with Crippen molar-refractivity contribution in [1.82, 2.24) is 4.90 Å². The highest BCUT2D eigenvalue weighted by Crippen LogP contribution is 2.18. The molecule has 0 unspecified atom stereocenters. The van der Waals surface area contributed by atoms with E-state index in [4.69, 9.17) is 0 Å². The molecule has 0 atom stereocenters. The fraction of sp³-hybridized carbons (Fsp3) is 0.417. The van der Waals surface area contributed by atoms with Crippen molar-refractivity contribution >= 4 is 5.91 Å². The second-order valence-corrected chi connectivity index (χ2v) is 3.69. The summed E-state index contributed by atoms with van der Waals surface area (Å²) in [6.45, 7) is 3.59. The van der Waals surface area contributed by atoms with E-state index >= 15 is 0 Å². The molecule has 0 aliphatic carbocycles. The average molecular weight is 189 g/mol. The molecule has 0 fully saturated rings. The van der Waals surface area contributed by atoms with Crippen LogP contribution in [0.25, 0.3) is 0 Å². The van der Waals surface area contributed by atoms with Gasteiger partial charge < -0.3 is 4.90 Å². The molecule has 0 bridgehead atoms. The van der Waals surface area contributed by atoms with Gasteiger partial charge in [0.25, 0.3) is 0 Å². The minimum Gasteiger partial charge on any atom is -0.338 e. The number of amides is 1. The second kappa shape index (κ2) is 3.82. The summed E-state index contributed by atoms with van der Waals surface area (Å²) < 4.78 is 0. The minimum atomic E-state index is 0.263. The maximum Gasteiger partial charge on any atom is 0.222 e. The maximum absolute atomic E-state index is 11.5. The van der Waals surface area contributed by atoms with Crippen LogP contribution in [0.2, 0.25) is 0 Å². The first-order chi connectivity index (χ1) is 6.81. The van der Waals surface area contributed by atoms with Crippen molar-refractivity contribution in [2.75, 3.05) is 6.54 Å². The molecule has 0 spiro atoms. The van der Waals surface area contributed by atoms with E-state index in [1.165, 1.54) is 11.1 Å². The Morgan fingerprint density at radius 2 is 2.07 bits per heavy atom. The SMILES string of the molecule is CCC(=O)N1CCc2ccccc2C1. The Morgan fingerprint density at radius 1 is 1.36 bits per heavy atom. The van der Waals surface area contributed by atoms with Crippen LogP contribution in [0.3, 0.4) is 0 Å². The number of carbonyl (C=O) groups is 1. The number of rotatable bonds is 1. The molecule has 1 aromatic carbocycles. The van der Waals surface area contributed by atoms with Gasteiger partial charge in [-0.25, -0.2) is 0 Å². The number of hydrogen-bond donors (Lipinski definition) is 0. The van der Waals surface area contributed by atoms with E-state index in [1.54, 1.807) is 0 Å². The van der Waals surface area contributed by atoms with Crippen molar-refractivity contribution in [3.8, 4) is 0 Å². The Morgan fingerprint density at radius 3 is 2.79 bits per heavy atom. The van der Waals surface area contributed by atoms with Gasteiger partial charge in [0.2, 0.25) is 5.91 Å². The lowest BCUT2D eigenvalue weighted by molar-refractivity contribution is -0.131. The molecule has 0 saturated heterocycles. The molecule has 0 saturated carbocycles. The van der Waals surface area contributed by atoms with E-state index in [2.05, 4.69) is 18.2 Å². The van der Waals surface area contributed by atoms with Gasteiger partial charge in [-0.2, -0.15) is 0 Å². The van der Waals surface area contributed by atoms with Crippen LogP contribution in [0.5, 0.6) is 0 Å². The van der Waals surface area contributed by atoms with Gasteiger partial charge in [0.1, 0.15) is 0 Å². The molecular formula is C12H15NO. The molecule has 74 valence electrons. The first kappa shape index (κ1) is 9.25. The van der Waals surface area contributed by atoms with E-state index in [0.29, 0.717) is 6.42 Å². The maximum atomic E-state index is 11.5. The summed E-state index contributed by atoms with van der Waals surface area (Å²) in [5.41, 5.74) is 2.70. The van der Waals surface area contributed by atoms with Gasteiger partial charge in [-0.1, -0.05) is 31.2 Å². The molecule has 0 aromatic heterocycles. The number of fused-ring (bicyclic) bond motifs is 1. The molecule has 14 heavy (non-hydrogen) atoms. The van der Waals surface area contributed by atoms with Gasteiger partial charge in [0, 0.05) is 19.5 Å². The summed E-state index contributed by atoms with van der Waals surface area (Å²) in [7, 11) is 0. The Kier molecular flexibility index (Phi) is 2.53. The van der Waals surface area contributed by atoms with Crippen LogP contribution in [0, 0.1) is 0 Å². The van der Waals surface area contributed by atoms with Crippen LogP contribution in [-0.2, 0) is 17.8 Å². The van der Waals surface area contributed by atoms with Crippen molar-refractivity contribution in [2.24, 2.45) is 0 Å². The largest absolute Gasteiger partial charge is 0.338 e. The zero-order chi connectivity index (χ0) is 9.97. The lowest BCUT2D eigenvalue weighted by atomic mass is 10.00. The highest BCUT2D eigenvalue weighted by Gasteiger charge is 2.18. The van der Waals surface area contributed by atoms with E-state index in [-0.39, 0.29) is 5.91 Å². The molecule has 1 aliphatic rings. The Bertz CT molecular complexity index is 346. The average Bonchev–Trinajstić information content (AvgIpc) is 2.27. The third-order valence-electron chi connectivity index (χ3n) is 2.79. The standard InChI is InChI=1S/C12H15NO/c1-2-12(14)13-8-7-10-5-3-4-6-11(10)9-13/h3-6H,2,7-9H2,1H3. The van der Waals surface area contributed by atoms with Gasteiger partial charge in [-0.15, -0.1) is 0 Å². The van der Waals surface area contributed by atoms with E-state index < -0.39 is 0 Å². The van der Waals surface area contributed by atoms with Crippen LogP contribution in [0.4, 0.5) is 0 Å². The van der Waals surface area contributed by atoms with E-state index in [0.717, 1.165) is 19.5 Å². The van der Waals surface area contributed by atoms with Crippen LogP contribution in [0.15, 0.2) is 24.3 Å². The molecule has 2 nitrogen and oxygen atoms in total. The molecule has 1 heterocycles. The molecule has 0 radical (unpaired) electrons. The van der Waals surface area contributed by atoms with Crippen molar-refractivity contribution in [3.63, 3.8) is 0 Å². The summed E-state index contributed by atoms with van der Waals surface area (Å²) in [6, 6.07) is 8.38. The van der Waals surface area contributed by atoms with Gasteiger partial charge >= 0.3 is 0 Å². The molecule has 1 aliphatic heterocycles. The lowest BCUT2D eigenvalue weighted by Gasteiger charge is -2.28. The highest BCUT2D eigenvalue weighted by molar-refractivity contribution is 5.76. The minimum absolute atomic E-state index is 0.263. The molecule has 1 amide bonds. The van der Waals surface area contributed by atoms with E-state index in [1.807, 2.05) is 17.9 Å². The number of hydrogen-bond acceptors (Lipinski definition) is 1. The summed E-state index contributed by atoms with van der Waals surface area (Å²) in [5.74, 6) is 0.263. The van der Waals surface area contributed by atoms with Crippen LogP contribution in [-0.4, -0.2) is 17.4 Å². The number of carbonyl (C=O) groups excluding carboxylic acids is 1. The van der Waals surface area contributed by atoms with Crippen molar-refractivity contribution < 1.29 is 4.79 Å². The fourth-order valence-corrected chi connectivity index (χ4v) is 1.93. The lowest BCUT2D eigenvalue weighted by Crippen LogP contribution is -2.35. The van der Waals surface area contributed by atoms with Crippen molar-refractivity contribution in [1.29, 1.82) is 0 Å². The summed E-state index contributed by atoms with van der Waals surface area (Å²) >= 11 is 0. The quantitative estimate of drug-likeness (QED) is 0.661. The highest BCUT2D eigenvalue weighted by atomic mass is 16.2. The zero-order valence-corrected chi connectivity index (χ0v) is 8.49. The monoisotopic (exact) mass is 189 g/mol. The Labute approximate surface area is 84.5 Å². The van der Waals surface area contributed by atoms with E-state index in [9.17, 15) is 4.79 Å². The predicted molar refractivity (Wildman–Crippen MR) is 55.9 cm³/mol. The van der Waals surface area contributed by atoms with Crippen LogP contribution < -0.4 is 0 Å². The number of benzene rings is 1. The van der Waals surface area contributed by atoms with Gasteiger partial charge in [-0.05, 0) is 17.5 Å². The summed E-state index contributed by atoms with van der Waals surface area (Å²) in [4.78, 5) is 13.4. The number of nitrogens with zero attached hydrogens (tertiary/aromatic N) is 1. The molecule has 2 heteroatoms. The van der Waals surface area contributed by atoms with Gasteiger partial charge in [-0.3, -0.25) is 4.79 Å². The second-order valence-electron chi connectivity index (χ2n) is 3.69.